The lowest BCUT2D eigenvalue weighted by molar-refractivity contribution is 0.415. The van der Waals surface area contributed by atoms with Crippen molar-refractivity contribution < 1.29 is 9.02 Å². The maximum Gasteiger partial charge on any atom is 0.119 e. The van der Waals surface area contributed by atoms with Gasteiger partial charge in [0.15, 0.2) is 0 Å². The van der Waals surface area contributed by atoms with Crippen LogP contribution in [0.5, 0.6) is 5.75 Å². The molecule has 1 aliphatic heterocycles. The summed E-state index contributed by atoms with van der Waals surface area (Å²) in [6, 6.07) is 10.1. The first-order chi connectivity index (χ1) is 7.38. The van der Waals surface area contributed by atoms with Crippen LogP contribution in [0, 0.1) is 0 Å². The first-order valence-electron chi connectivity index (χ1n) is 4.59. The van der Waals surface area contributed by atoms with Crippen LogP contribution in [0.1, 0.15) is 0 Å². The van der Waals surface area contributed by atoms with Gasteiger partial charge in [0, 0.05) is 5.39 Å². The molecule has 0 aliphatic carbocycles. The molecule has 1 aliphatic rings. The van der Waals surface area contributed by atoms with Crippen molar-refractivity contribution in [2.45, 2.75) is 4.90 Å². The summed E-state index contributed by atoms with van der Waals surface area (Å²) in [5, 5.41) is 2.34. The highest BCUT2D eigenvalue weighted by molar-refractivity contribution is 7.95. The van der Waals surface area contributed by atoms with Gasteiger partial charge in [-0.25, -0.2) is 0 Å². The van der Waals surface area contributed by atoms with Gasteiger partial charge in [-0.2, -0.15) is 4.28 Å². The molecule has 0 radical (unpaired) electrons. The number of hydrogen-bond donors (Lipinski definition) is 1. The third-order valence-corrected chi connectivity index (χ3v) is 3.23. The van der Waals surface area contributed by atoms with Crippen molar-refractivity contribution in [1.29, 1.82) is 0 Å². The molecule has 4 heteroatoms. The molecule has 0 spiro atoms. The molecule has 0 amide bonds. The molecule has 1 N–H and O–H groups in total. The van der Waals surface area contributed by atoms with E-state index < -0.39 is 0 Å². The number of benzene rings is 2. The van der Waals surface area contributed by atoms with Crippen molar-refractivity contribution in [3.8, 4) is 5.75 Å². The van der Waals surface area contributed by atoms with Crippen molar-refractivity contribution in [3.05, 3.63) is 30.3 Å². The Labute approximate surface area is 91.5 Å². The van der Waals surface area contributed by atoms with Crippen LogP contribution >= 0.6 is 12.0 Å². The van der Waals surface area contributed by atoms with E-state index >= 15 is 0 Å². The highest BCUT2D eigenvalue weighted by atomic mass is 32.2. The Bertz CT molecular complexity index is 527. The molecule has 1 heterocycles. The lowest BCUT2D eigenvalue weighted by Gasteiger charge is -2.04. The number of anilines is 1. The van der Waals surface area contributed by atoms with Gasteiger partial charge in [0.1, 0.15) is 5.75 Å². The zero-order valence-electron chi connectivity index (χ0n) is 8.11. The zero-order valence-corrected chi connectivity index (χ0v) is 8.93. The van der Waals surface area contributed by atoms with Crippen LogP contribution in [0.2, 0.25) is 0 Å². The fourth-order valence-corrected chi connectivity index (χ4v) is 2.36. The van der Waals surface area contributed by atoms with Gasteiger partial charge >= 0.3 is 0 Å². The minimum atomic E-state index is 0.864. The normalized spacial score (nSPS) is 13.7. The number of ether oxygens (including phenoxy) is 1. The lowest BCUT2D eigenvalue weighted by Crippen LogP contribution is -1.86. The smallest absolute Gasteiger partial charge is 0.119 e. The molecule has 0 fully saturated rings. The maximum atomic E-state index is 5.21. The van der Waals surface area contributed by atoms with Crippen molar-refractivity contribution >= 4 is 28.5 Å². The third-order valence-electron chi connectivity index (χ3n) is 2.46. The zero-order chi connectivity index (χ0) is 10.3. The second-order valence-corrected chi connectivity index (χ2v) is 4.04. The molecule has 0 atom stereocenters. The van der Waals surface area contributed by atoms with Gasteiger partial charge < -0.3 is 4.74 Å². The summed E-state index contributed by atoms with van der Waals surface area (Å²) in [5.41, 5.74) is 3.87. The summed E-state index contributed by atoms with van der Waals surface area (Å²) in [5.74, 6) is 0.864. The molecule has 3 rings (SSSR count). The number of nitrogens with one attached hydrogen (secondary N) is 1. The van der Waals surface area contributed by atoms with Gasteiger partial charge in [0.25, 0.3) is 0 Å². The predicted molar refractivity (Wildman–Crippen MR) is 61.1 cm³/mol. The molecule has 2 aromatic rings. The Morgan fingerprint density at radius 1 is 1.27 bits per heavy atom. The fraction of sp³-hybridized carbons (Fsp3) is 0.0909. The van der Waals surface area contributed by atoms with Gasteiger partial charge in [-0.15, -0.1) is 0 Å². The molecule has 0 bridgehead atoms. The monoisotopic (exact) mass is 219 g/mol. The van der Waals surface area contributed by atoms with Gasteiger partial charge in [0.2, 0.25) is 0 Å². The van der Waals surface area contributed by atoms with E-state index in [1.54, 1.807) is 7.11 Å². The Balaban J connectivity index is 2.32. The summed E-state index contributed by atoms with van der Waals surface area (Å²) in [7, 11) is 1.67. The molecule has 0 saturated heterocycles. The topological polar surface area (TPSA) is 30.5 Å². The molecular formula is C11H9NO2S. The minimum Gasteiger partial charge on any atom is -0.497 e. The second-order valence-electron chi connectivity index (χ2n) is 3.30. The quantitative estimate of drug-likeness (QED) is 0.746. The van der Waals surface area contributed by atoms with Crippen molar-refractivity contribution in [2.75, 3.05) is 12.6 Å². The number of hydrogen-bond acceptors (Lipinski definition) is 4. The first-order valence-corrected chi connectivity index (χ1v) is 5.33. The average Bonchev–Trinajstić information content (AvgIpc) is 2.76. The van der Waals surface area contributed by atoms with E-state index in [-0.39, 0.29) is 0 Å². The Hall–Kier alpha value is -1.39. The Morgan fingerprint density at radius 2 is 2.13 bits per heavy atom. The van der Waals surface area contributed by atoms with Gasteiger partial charge in [-0.3, -0.25) is 5.48 Å². The van der Waals surface area contributed by atoms with Gasteiger partial charge in [-0.1, -0.05) is 12.1 Å². The van der Waals surface area contributed by atoms with Crippen LogP contribution in [-0.4, -0.2) is 7.11 Å². The van der Waals surface area contributed by atoms with Crippen LogP contribution in [0.3, 0.4) is 0 Å². The summed E-state index contributed by atoms with van der Waals surface area (Å²) in [4.78, 5) is 1.12. The van der Waals surface area contributed by atoms with Crippen molar-refractivity contribution in [2.24, 2.45) is 0 Å². The van der Waals surface area contributed by atoms with E-state index in [9.17, 15) is 0 Å². The van der Waals surface area contributed by atoms with Gasteiger partial charge in [0.05, 0.1) is 29.7 Å². The molecule has 15 heavy (non-hydrogen) atoms. The van der Waals surface area contributed by atoms with Crippen LogP contribution in [0.25, 0.3) is 10.8 Å². The summed E-state index contributed by atoms with van der Waals surface area (Å²) >= 11 is 1.35. The molecule has 0 unspecified atom stereocenters. The second kappa shape index (κ2) is 3.32. The molecule has 3 nitrogen and oxygen atoms in total. The van der Waals surface area contributed by atoms with Crippen molar-refractivity contribution in [1.82, 2.24) is 0 Å². The van der Waals surface area contributed by atoms with Crippen molar-refractivity contribution in [3.63, 3.8) is 0 Å². The minimum absolute atomic E-state index is 0.864. The number of methoxy groups -OCH3 is 1. The average molecular weight is 219 g/mol. The third kappa shape index (κ3) is 1.33. The molecule has 2 aromatic carbocycles. The van der Waals surface area contributed by atoms with E-state index in [1.165, 1.54) is 17.4 Å². The first kappa shape index (κ1) is 8.88. The highest BCUT2D eigenvalue weighted by Crippen LogP contribution is 2.41. The standard InChI is InChI=1S/C11H9NO2S/c1-13-8-4-2-7-3-5-10-11(9(7)6-8)15-14-12-10/h2-6,12H,1H3. The Morgan fingerprint density at radius 3 is 3.00 bits per heavy atom. The van der Waals surface area contributed by atoms with E-state index in [0.717, 1.165) is 21.7 Å². The molecule has 76 valence electrons. The van der Waals surface area contributed by atoms with Crippen LogP contribution < -0.4 is 10.2 Å². The summed E-state index contributed by atoms with van der Waals surface area (Å²) in [6.07, 6.45) is 0. The summed E-state index contributed by atoms with van der Waals surface area (Å²) in [6.45, 7) is 0. The Kier molecular flexibility index (Phi) is 1.97. The fourth-order valence-electron chi connectivity index (χ4n) is 1.68. The lowest BCUT2D eigenvalue weighted by atomic mass is 10.1. The van der Waals surface area contributed by atoms with Crippen LogP contribution in [0.15, 0.2) is 35.2 Å². The van der Waals surface area contributed by atoms with E-state index in [4.69, 9.17) is 9.02 Å². The number of fused-ring (bicyclic) bond motifs is 3. The van der Waals surface area contributed by atoms with Crippen LogP contribution in [-0.2, 0) is 4.28 Å². The largest absolute Gasteiger partial charge is 0.497 e. The highest BCUT2D eigenvalue weighted by Gasteiger charge is 2.15. The van der Waals surface area contributed by atoms with Crippen LogP contribution in [0.4, 0.5) is 5.69 Å². The van der Waals surface area contributed by atoms with Gasteiger partial charge in [-0.05, 0) is 23.6 Å². The SMILES string of the molecule is COc1ccc2ccc3c(c2c1)SON3. The molecule has 0 aromatic heterocycles. The van der Waals surface area contributed by atoms with E-state index in [2.05, 4.69) is 11.5 Å². The maximum absolute atomic E-state index is 5.21. The van der Waals surface area contributed by atoms with E-state index in [0.29, 0.717) is 0 Å². The summed E-state index contributed by atoms with van der Waals surface area (Å²) < 4.78 is 10.3. The van der Waals surface area contributed by atoms with E-state index in [1.807, 2.05) is 24.3 Å². The predicted octanol–water partition coefficient (Wildman–Crippen LogP) is 3.21. The molecule has 0 saturated carbocycles. The number of rotatable bonds is 1. The molecular weight excluding hydrogens is 210 g/mol.